The van der Waals surface area contributed by atoms with E-state index >= 15 is 0 Å². The Morgan fingerprint density at radius 1 is 1.16 bits per heavy atom. The minimum atomic E-state index is -0.232. The number of primary amides is 1. The summed E-state index contributed by atoms with van der Waals surface area (Å²) in [5.41, 5.74) is 14.1. The second-order valence-electron chi connectivity index (χ2n) is 6.42. The summed E-state index contributed by atoms with van der Waals surface area (Å²) >= 11 is 0. The molecule has 0 radical (unpaired) electrons. The van der Waals surface area contributed by atoms with E-state index in [1.165, 1.54) is 0 Å². The Hall–Kier alpha value is -2.63. The van der Waals surface area contributed by atoms with Crippen molar-refractivity contribution >= 4 is 33.7 Å². The third-order valence-electron chi connectivity index (χ3n) is 4.47. The van der Waals surface area contributed by atoms with Gasteiger partial charge in [0.15, 0.2) is 5.82 Å². The number of carbonyl (C=O) groups excluding carboxylic acids is 1. The van der Waals surface area contributed by atoms with Crippen LogP contribution in [0, 0.1) is 0 Å². The molecule has 0 fully saturated rings. The van der Waals surface area contributed by atoms with Crippen LogP contribution in [0.2, 0.25) is 0 Å². The largest absolute Gasteiger partial charge is 0.382 e. The Morgan fingerprint density at radius 2 is 1.96 bits per heavy atom. The van der Waals surface area contributed by atoms with Gasteiger partial charge < -0.3 is 16.0 Å². The topological polar surface area (TPSA) is 99.8 Å². The van der Waals surface area contributed by atoms with Crippen molar-refractivity contribution in [3.63, 3.8) is 0 Å². The molecule has 0 aliphatic carbocycles. The lowest BCUT2D eigenvalue weighted by Gasteiger charge is -2.10. The number of nitrogens with two attached hydrogens (primary N) is 2. The lowest BCUT2D eigenvalue weighted by molar-refractivity contribution is -0.118. The number of para-hydroxylation sites is 1. The van der Waals surface area contributed by atoms with Crippen molar-refractivity contribution in [1.82, 2.24) is 14.5 Å². The fourth-order valence-corrected chi connectivity index (χ4v) is 3.31. The van der Waals surface area contributed by atoms with E-state index in [0.29, 0.717) is 12.2 Å². The van der Waals surface area contributed by atoms with Crippen molar-refractivity contribution in [3.05, 3.63) is 30.1 Å². The number of benzene rings is 1. The second kappa shape index (κ2) is 7.51. The molecule has 2 aromatic heterocycles. The predicted molar refractivity (Wildman–Crippen MR) is 101 cm³/mol. The summed E-state index contributed by atoms with van der Waals surface area (Å²) in [7, 11) is 0. The maximum absolute atomic E-state index is 10.9. The molecule has 0 spiro atoms. The lowest BCUT2D eigenvalue weighted by Crippen LogP contribution is -2.10. The van der Waals surface area contributed by atoms with E-state index in [2.05, 4.69) is 22.5 Å². The molecule has 0 atom stereocenters. The van der Waals surface area contributed by atoms with Crippen LogP contribution in [-0.4, -0.2) is 20.4 Å². The molecule has 6 heteroatoms. The normalized spacial score (nSPS) is 11.4. The first-order valence-electron chi connectivity index (χ1n) is 8.93. The van der Waals surface area contributed by atoms with Gasteiger partial charge in [-0.1, -0.05) is 31.5 Å². The summed E-state index contributed by atoms with van der Waals surface area (Å²) in [6.45, 7) is 3.01. The summed E-state index contributed by atoms with van der Waals surface area (Å²) in [6.07, 6.45) is 5.15. The molecular weight excluding hydrogens is 314 g/mol. The maximum atomic E-state index is 10.9. The first-order valence-corrected chi connectivity index (χ1v) is 8.93. The molecule has 4 N–H and O–H groups in total. The van der Waals surface area contributed by atoms with Gasteiger partial charge in [0.2, 0.25) is 5.91 Å². The number of aromatic nitrogens is 3. The fourth-order valence-electron chi connectivity index (χ4n) is 3.31. The molecule has 1 amide bonds. The quantitative estimate of drug-likeness (QED) is 0.616. The highest BCUT2D eigenvalue weighted by molar-refractivity contribution is 6.06. The molecule has 1 aromatic carbocycles. The molecule has 0 bridgehead atoms. The number of hydrogen-bond acceptors (Lipinski definition) is 4. The molecular formula is C19H25N5O. The van der Waals surface area contributed by atoms with E-state index in [0.717, 1.165) is 66.4 Å². The monoisotopic (exact) mass is 339 g/mol. The molecule has 2 heterocycles. The minimum Gasteiger partial charge on any atom is -0.382 e. The molecule has 0 aliphatic heterocycles. The Balaban J connectivity index is 1.98. The highest BCUT2D eigenvalue weighted by atomic mass is 16.1. The van der Waals surface area contributed by atoms with Crippen LogP contribution in [0.1, 0.15) is 44.9 Å². The lowest BCUT2D eigenvalue weighted by atomic mass is 10.1. The molecule has 3 rings (SSSR count). The molecule has 6 nitrogen and oxygen atoms in total. The number of carbonyl (C=O) groups is 1. The van der Waals surface area contributed by atoms with Crippen LogP contribution in [0.25, 0.3) is 21.9 Å². The molecule has 25 heavy (non-hydrogen) atoms. The van der Waals surface area contributed by atoms with Gasteiger partial charge >= 0.3 is 0 Å². The van der Waals surface area contributed by atoms with Crippen molar-refractivity contribution in [3.8, 4) is 0 Å². The van der Waals surface area contributed by atoms with Gasteiger partial charge in [0, 0.05) is 24.8 Å². The van der Waals surface area contributed by atoms with Gasteiger partial charge in [-0.15, -0.1) is 0 Å². The van der Waals surface area contributed by atoms with Gasteiger partial charge in [0.25, 0.3) is 0 Å². The highest BCUT2D eigenvalue weighted by Gasteiger charge is 2.16. The summed E-state index contributed by atoms with van der Waals surface area (Å²) in [5.74, 6) is 1.31. The number of pyridine rings is 1. The number of fused-ring (bicyclic) bond motifs is 3. The number of rotatable bonds is 8. The van der Waals surface area contributed by atoms with Gasteiger partial charge in [-0.05, 0) is 25.3 Å². The number of hydrogen-bond donors (Lipinski definition) is 2. The zero-order chi connectivity index (χ0) is 17.8. The van der Waals surface area contributed by atoms with Gasteiger partial charge in [0.1, 0.15) is 11.3 Å². The van der Waals surface area contributed by atoms with Gasteiger partial charge in [-0.3, -0.25) is 4.79 Å². The number of aryl methyl sites for hydroxylation is 2. The smallest absolute Gasteiger partial charge is 0.217 e. The third-order valence-corrected chi connectivity index (χ3v) is 4.47. The standard InChI is InChI=1S/C19H25N5O/c1-2-8-16-23-17-18(24(16)12-7-3-4-11-15(20)25)13-9-5-6-10-14(13)22-19(17)21/h5-6,9-10H,2-4,7-8,11-12H2,1H3,(H2,20,25)(H2,21,22). The van der Waals surface area contributed by atoms with Crippen LogP contribution < -0.4 is 11.5 Å². The number of nitrogen functional groups attached to an aromatic ring is 1. The van der Waals surface area contributed by atoms with E-state index in [-0.39, 0.29) is 5.91 Å². The fraction of sp³-hybridized carbons (Fsp3) is 0.421. The molecule has 0 saturated carbocycles. The molecule has 0 saturated heterocycles. The summed E-state index contributed by atoms with van der Waals surface area (Å²) in [4.78, 5) is 20.2. The van der Waals surface area contributed by atoms with E-state index < -0.39 is 0 Å². The highest BCUT2D eigenvalue weighted by Crippen LogP contribution is 2.29. The Labute approximate surface area is 147 Å². The number of anilines is 1. The Morgan fingerprint density at radius 3 is 2.72 bits per heavy atom. The van der Waals surface area contributed by atoms with E-state index in [1.807, 2.05) is 18.2 Å². The van der Waals surface area contributed by atoms with E-state index in [1.54, 1.807) is 0 Å². The van der Waals surface area contributed by atoms with Gasteiger partial charge in [-0.25, -0.2) is 9.97 Å². The van der Waals surface area contributed by atoms with Crippen molar-refractivity contribution < 1.29 is 4.79 Å². The minimum absolute atomic E-state index is 0.232. The van der Waals surface area contributed by atoms with Crippen LogP contribution in [0.4, 0.5) is 5.82 Å². The number of nitrogens with zero attached hydrogens (tertiary/aromatic N) is 3. The zero-order valence-electron chi connectivity index (χ0n) is 14.7. The molecule has 132 valence electrons. The average molecular weight is 339 g/mol. The van der Waals surface area contributed by atoms with Crippen LogP contribution >= 0.6 is 0 Å². The van der Waals surface area contributed by atoms with Gasteiger partial charge in [0.05, 0.1) is 11.0 Å². The van der Waals surface area contributed by atoms with Crippen molar-refractivity contribution in [2.45, 2.75) is 52.0 Å². The van der Waals surface area contributed by atoms with Crippen molar-refractivity contribution in [2.24, 2.45) is 5.73 Å². The zero-order valence-corrected chi connectivity index (χ0v) is 14.7. The molecule has 0 aliphatic rings. The first-order chi connectivity index (χ1) is 12.1. The van der Waals surface area contributed by atoms with Crippen LogP contribution in [-0.2, 0) is 17.8 Å². The number of unbranched alkanes of at least 4 members (excludes halogenated alkanes) is 2. The van der Waals surface area contributed by atoms with E-state index in [4.69, 9.17) is 16.5 Å². The maximum Gasteiger partial charge on any atom is 0.217 e. The van der Waals surface area contributed by atoms with Crippen molar-refractivity contribution in [2.75, 3.05) is 5.73 Å². The Bertz CT molecular complexity index is 900. The average Bonchev–Trinajstić information content (AvgIpc) is 2.94. The first kappa shape index (κ1) is 17.2. The molecule has 3 aromatic rings. The Kier molecular flexibility index (Phi) is 5.16. The predicted octanol–water partition coefficient (Wildman–Crippen LogP) is 3.16. The van der Waals surface area contributed by atoms with Crippen molar-refractivity contribution in [1.29, 1.82) is 0 Å². The summed E-state index contributed by atoms with van der Waals surface area (Å²) < 4.78 is 2.28. The van der Waals surface area contributed by atoms with Crippen LogP contribution in [0.15, 0.2) is 24.3 Å². The SMILES string of the molecule is CCCc1nc2c(N)nc3ccccc3c2n1CCCCCC(N)=O. The summed E-state index contributed by atoms with van der Waals surface area (Å²) in [5, 5.41) is 1.08. The summed E-state index contributed by atoms with van der Waals surface area (Å²) in [6, 6.07) is 8.04. The molecule has 0 unspecified atom stereocenters. The number of amides is 1. The van der Waals surface area contributed by atoms with Crippen LogP contribution in [0.3, 0.4) is 0 Å². The number of imidazole rings is 1. The van der Waals surface area contributed by atoms with Crippen LogP contribution in [0.5, 0.6) is 0 Å². The van der Waals surface area contributed by atoms with E-state index in [9.17, 15) is 4.79 Å². The van der Waals surface area contributed by atoms with Gasteiger partial charge in [-0.2, -0.15) is 0 Å². The third kappa shape index (κ3) is 3.57. The second-order valence-corrected chi connectivity index (χ2v) is 6.42.